The Morgan fingerprint density at radius 3 is 2.96 bits per heavy atom. The Morgan fingerprint density at radius 1 is 1.12 bits per heavy atom. The first-order chi connectivity index (χ1) is 11.8. The van der Waals surface area contributed by atoms with Crippen LogP contribution in [0.5, 0.6) is 0 Å². The Labute approximate surface area is 139 Å². The van der Waals surface area contributed by atoms with E-state index < -0.39 is 0 Å². The molecule has 3 aromatic rings. The van der Waals surface area contributed by atoms with Gasteiger partial charge in [-0.2, -0.15) is 0 Å². The quantitative estimate of drug-likeness (QED) is 0.801. The van der Waals surface area contributed by atoms with Crippen LogP contribution in [0.25, 0.3) is 11.4 Å². The van der Waals surface area contributed by atoms with Crippen molar-refractivity contribution in [3.8, 4) is 11.4 Å². The van der Waals surface area contributed by atoms with Crippen molar-refractivity contribution in [2.75, 3.05) is 5.32 Å². The maximum atomic E-state index is 12.1. The summed E-state index contributed by atoms with van der Waals surface area (Å²) in [5.74, 6) is 1.93. The van der Waals surface area contributed by atoms with Gasteiger partial charge in [0.15, 0.2) is 11.6 Å². The number of carbonyl (C=O) groups is 1. The van der Waals surface area contributed by atoms with Crippen LogP contribution in [0.15, 0.2) is 47.1 Å². The van der Waals surface area contributed by atoms with Crippen molar-refractivity contribution in [3.63, 3.8) is 0 Å². The van der Waals surface area contributed by atoms with Crippen molar-refractivity contribution in [2.24, 2.45) is 0 Å². The minimum Gasteiger partial charge on any atom is -0.459 e. The van der Waals surface area contributed by atoms with Crippen LogP contribution >= 0.6 is 0 Å². The fourth-order valence-corrected chi connectivity index (χ4v) is 3.04. The van der Waals surface area contributed by atoms with Crippen molar-refractivity contribution >= 4 is 11.6 Å². The molecule has 0 saturated carbocycles. The zero-order valence-corrected chi connectivity index (χ0v) is 13.2. The summed E-state index contributed by atoms with van der Waals surface area (Å²) in [6, 6.07) is 11.0. The highest BCUT2D eigenvalue weighted by atomic mass is 16.3. The molecule has 1 N–H and O–H groups in total. The zero-order chi connectivity index (χ0) is 16.4. The van der Waals surface area contributed by atoms with E-state index in [1.165, 1.54) is 12.7 Å². The van der Waals surface area contributed by atoms with Crippen LogP contribution in [0.2, 0.25) is 0 Å². The number of aromatic nitrogens is 3. The van der Waals surface area contributed by atoms with Gasteiger partial charge in [-0.15, -0.1) is 10.2 Å². The van der Waals surface area contributed by atoms with E-state index in [0.717, 1.165) is 43.0 Å². The number of carbonyl (C=O) groups excluding carboxylic acids is 1. The van der Waals surface area contributed by atoms with Gasteiger partial charge in [0.1, 0.15) is 5.82 Å². The number of fused-ring (bicyclic) bond motifs is 1. The summed E-state index contributed by atoms with van der Waals surface area (Å²) in [4.78, 5) is 12.1. The lowest BCUT2D eigenvalue weighted by atomic mass is 10.2. The van der Waals surface area contributed by atoms with Crippen molar-refractivity contribution in [1.82, 2.24) is 14.8 Å². The molecule has 0 atom stereocenters. The summed E-state index contributed by atoms with van der Waals surface area (Å²) in [6.45, 7) is 0.945. The van der Waals surface area contributed by atoms with Crippen molar-refractivity contribution < 1.29 is 9.21 Å². The van der Waals surface area contributed by atoms with Crippen LogP contribution < -0.4 is 5.32 Å². The number of nitrogens with zero attached hydrogens (tertiary/aromatic N) is 3. The molecule has 1 aliphatic rings. The molecule has 0 radical (unpaired) electrons. The molecule has 0 saturated heterocycles. The number of amides is 1. The Balaban J connectivity index is 1.61. The third-order valence-electron chi connectivity index (χ3n) is 4.23. The minimum atomic E-state index is -0.266. The number of anilines is 1. The SMILES string of the molecule is O=C(Nc1cccc(-c2nnc3n2CCCCC3)c1)c1ccco1. The predicted molar refractivity (Wildman–Crippen MR) is 89.7 cm³/mol. The molecule has 1 aliphatic heterocycles. The summed E-state index contributed by atoms with van der Waals surface area (Å²) in [5.41, 5.74) is 1.66. The van der Waals surface area contributed by atoms with Gasteiger partial charge in [0.2, 0.25) is 0 Å². The van der Waals surface area contributed by atoms with E-state index in [1.54, 1.807) is 12.1 Å². The van der Waals surface area contributed by atoms with E-state index in [0.29, 0.717) is 5.69 Å². The zero-order valence-electron chi connectivity index (χ0n) is 13.2. The Hall–Kier alpha value is -2.89. The van der Waals surface area contributed by atoms with Gasteiger partial charge in [-0.1, -0.05) is 18.6 Å². The summed E-state index contributed by atoms with van der Waals surface area (Å²) < 4.78 is 7.31. The van der Waals surface area contributed by atoms with Crippen molar-refractivity contribution in [2.45, 2.75) is 32.2 Å². The number of furan rings is 1. The first-order valence-electron chi connectivity index (χ1n) is 8.18. The van der Waals surface area contributed by atoms with Gasteiger partial charge in [-0.3, -0.25) is 4.79 Å². The topological polar surface area (TPSA) is 73.0 Å². The fourth-order valence-electron chi connectivity index (χ4n) is 3.04. The lowest BCUT2D eigenvalue weighted by molar-refractivity contribution is 0.0996. The minimum absolute atomic E-state index is 0.266. The molecule has 0 spiro atoms. The number of aryl methyl sites for hydroxylation is 1. The van der Waals surface area contributed by atoms with Gasteiger partial charge in [-0.25, -0.2) is 0 Å². The van der Waals surface area contributed by atoms with Crippen LogP contribution in [0.3, 0.4) is 0 Å². The first-order valence-corrected chi connectivity index (χ1v) is 8.18. The van der Waals surface area contributed by atoms with Gasteiger partial charge in [0.05, 0.1) is 6.26 Å². The molecular weight excluding hydrogens is 304 g/mol. The normalized spacial score (nSPS) is 14.0. The largest absolute Gasteiger partial charge is 0.459 e. The average molecular weight is 322 g/mol. The maximum absolute atomic E-state index is 12.1. The molecule has 0 unspecified atom stereocenters. The van der Waals surface area contributed by atoms with E-state index in [-0.39, 0.29) is 11.7 Å². The molecule has 24 heavy (non-hydrogen) atoms. The van der Waals surface area contributed by atoms with Crippen LogP contribution in [0, 0.1) is 0 Å². The maximum Gasteiger partial charge on any atom is 0.291 e. The van der Waals surface area contributed by atoms with Crippen LogP contribution in [-0.2, 0) is 13.0 Å². The van der Waals surface area contributed by atoms with E-state index in [4.69, 9.17) is 4.42 Å². The van der Waals surface area contributed by atoms with Crippen LogP contribution in [-0.4, -0.2) is 20.7 Å². The number of hydrogen-bond acceptors (Lipinski definition) is 4. The molecule has 6 nitrogen and oxygen atoms in total. The summed E-state index contributed by atoms with van der Waals surface area (Å²) >= 11 is 0. The van der Waals surface area contributed by atoms with Crippen molar-refractivity contribution in [1.29, 1.82) is 0 Å². The van der Waals surface area contributed by atoms with E-state index >= 15 is 0 Å². The molecule has 1 amide bonds. The summed E-state index contributed by atoms with van der Waals surface area (Å²) in [7, 11) is 0. The second-order valence-electron chi connectivity index (χ2n) is 5.91. The second-order valence-corrected chi connectivity index (χ2v) is 5.91. The van der Waals surface area contributed by atoms with Gasteiger partial charge in [-0.05, 0) is 37.1 Å². The van der Waals surface area contributed by atoms with Crippen LogP contribution in [0.1, 0.15) is 35.6 Å². The van der Waals surface area contributed by atoms with Gasteiger partial charge >= 0.3 is 0 Å². The molecular formula is C18H18N4O2. The third-order valence-corrected chi connectivity index (χ3v) is 4.23. The smallest absolute Gasteiger partial charge is 0.291 e. The molecule has 2 aromatic heterocycles. The monoisotopic (exact) mass is 322 g/mol. The Bertz CT molecular complexity index is 852. The van der Waals surface area contributed by atoms with Gasteiger partial charge in [0, 0.05) is 24.2 Å². The van der Waals surface area contributed by atoms with E-state index in [2.05, 4.69) is 20.1 Å². The first kappa shape index (κ1) is 14.7. The van der Waals surface area contributed by atoms with Gasteiger partial charge < -0.3 is 14.3 Å². The standard InChI is InChI=1S/C18H18N4O2/c23-18(15-8-5-11-24-15)19-14-7-4-6-13(12-14)17-21-20-16-9-2-1-3-10-22(16)17/h4-8,11-12H,1-3,9-10H2,(H,19,23). The molecule has 122 valence electrons. The highest BCUT2D eigenvalue weighted by Crippen LogP contribution is 2.25. The Kier molecular flexibility index (Phi) is 3.86. The highest BCUT2D eigenvalue weighted by Gasteiger charge is 2.16. The second kappa shape index (κ2) is 6.31. The molecule has 3 heterocycles. The van der Waals surface area contributed by atoms with Crippen molar-refractivity contribution in [3.05, 3.63) is 54.2 Å². The molecule has 0 aliphatic carbocycles. The van der Waals surface area contributed by atoms with E-state index in [9.17, 15) is 4.79 Å². The third kappa shape index (κ3) is 2.82. The lowest BCUT2D eigenvalue weighted by Crippen LogP contribution is -2.11. The molecule has 6 heteroatoms. The number of hydrogen-bond donors (Lipinski definition) is 1. The average Bonchev–Trinajstić information content (AvgIpc) is 3.21. The van der Waals surface area contributed by atoms with Crippen LogP contribution in [0.4, 0.5) is 5.69 Å². The number of rotatable bonds is 3. The highest BCUT2D eigenvalue weighted by molar-refractivity contribution is 6.02. The molecule has 1 aromatic carbocycles. The predicted octanol–water partition coefficient (Wildman–Crippen LogP) is 3.52. The summed E-state index contributed by atoms with van der Waals surface area (Å²) in [5, 5.41) is 11.5. The lowest BCUT2D eigenvalue weighted by Gasteiger charge is -2.09. The Morgan fingerprint density at radius 2 is 2.08 bits per heavy atom. The molecule has 4 rings (SSSR count). The fraction of sp³-hybridized carbons (Fsp3) is 0.278. The number of benzene rings is 1. The van der Waals surface area contributed by atoms with E-state index in [1.807, 2.05) is 24.3 Å². The molecule has 0 bridgehead atoms. The molecule has 0 fully saturated rings. The summed E-state index contributed by atoms with van der Waals surface area (Å²) in [6.07, 6.45) is 5.99. The number of nitrogens with one attached hydrogen (secondary N) is 1. The van der Waals surface area contributed by atoms with Gasteiger partial charge in [0.25, 0.3) is 5.91 Å².